The highest BCUT2D eigenvalue weighted by molar-refractivity contribution is 6.19. The maximum absolute atomic E-state index is 7.04. The van der Waals surface area contributed by atoms with E-state index in [0.29, 0.717) is 0 Å². The first-order valence-corrected chi connectivity index (χ1v) is 39.6. The molecule has 99 heavy (non-hydrogen) atoms. The summed E-state index contributed by atoms with van der Waals surface area (Å²) in [4.78, 5) is 2.69. The third-order valence-corrected chi connectivity index (χ3v) is 24.3. The molecular weight excluding hydrogens is 1200 g/mol. The second-order valence-corrected chi connectivity index (χ2v) is 31.8. The third-order valence-electron chi connectivity index (χ3n) is 24.3. The van der Waals surface area contributed by atoms with Gasteiger partial charge in [0.25, 0.3) is 0 Å². The van der Waals surface area contributed by atoms with Gasteiger partial charge in [-0.15, -0.1) is 0 Å². The van der Waals surface area contributed by atoms with E-state index in [0.717, 1.165) is 35.2 Å². The number of benzene rings is 9. The first-order chi connectivity index (χ1) is 48.2. The molecule has 3 aliphatic rings. The molecule has 0 radical (unpaired) electrons. The Morgan fingerprint density at radius 2 is 0.758 bits per heavy atom. The fourth-order valence-corrected chi connectivity index (χ4v) is 19.6. The van der Waals surface area contributed by atoms with Crippen molar-refractivity contribution in [1.82, 2.24) is 0 Å². The fourth-order valence-electron chi connectivity index (χ4n) is 19.6. The van der Waals surface area contributed by atoms with Crippen LogP contribution in [-0.2, 0) is 16.2 Å². The van der Waals surface area contributed by atoms with Crippen LogP contribution in [0.4, 0.5) is 17.1 Å². The van der Waals surface area contributed by atoms with E-state index < -0.39 is 0 Å². The van der Waals surface area contributed by atoms with Crippen molar-refractivity contribution in [3.63, 3.8) is 0 Å². The summed E-state index contributed by atoms with van der Waals surface area (Å²) < 4.78 is 14.0. The van der Waals surface area contributed by atoms with Crippen LogP contribution in [0.3, 0.4) is 0 Å². The molecular formula is C96H113NO2. The van der Waals surface area contributed by atoms with Crippen LogP contribution in [0.25, 0.3) is 88.4 Å². The van der Waals surface area contributed by atoms with E-state index in [9.17, 15) is 0 Å². The van der Waals surface area contributed by atoms with Crippen molar-refractivity contribution >= 4 is 60.9 Å². The Morgan fingerprint density at radius 3 is 1.32 bits per heavy atom. The largest absolute Gasteiger partial charge is 0.456 e. The topological polar surface area (TPSA) is 29.5 Å². The number of nitrogens with zero attached hydrogens (tertiary/aromatic N) is 1. The molecule has 2 heterocycles. The molecule has 514 valence electrons. The molecule has 0 aliphatic heterocycles. The molecule has 3 heteroatoms. The average Bonchev–Trinajstić information content (AvgIpc) is 1.53. The van der Waals surface area contributed by atoms with Crippen molar-refractivity contribution in [1.29, 1.82) is 0 Å². The van der Waals surface area contributed by atoms with Crippen molar-refractivity contribution in [2.45, 2.75) is 272 Å². The van der Waals surface area contributed by atoms with Gasteiger partial charge in [-0.25, -0.2) is 0 Å². The lowest BCUT2D eigenvalue weighted by Gasteiger charge is -2.35. The van der Waals surface area contributed by atoms with E-state index in [1.54, 1.807) is 22.3 Å². The van der Waals surface area contributed by atoms with E-state index in [1.165, 1.54) is 289 Å². The molecule has 0 amide bonds. The summed E-state index contributed by atoms with van der Waals surface area (Å²) in [5.41, 5.74) is 33.5. The molecule has 14 rings (SSSR count). The quantitative estimate of drug-likeness (QED) is 0.0394. The molecule has 0 fully saturated rings. The first kappa shape index (κ1) is 68.5. The Kier molecular flexibility index (Phi) is 20.2. The average molecular weight is 1310 g/mol. The lowest BCUT2D eigenvalue weighted by molar-refractivity contribution is 0.394. The van der Waals surface area contributed by atoms with Gasteiger partial charge in [-0.3, -0.25) is 0 Å². The monoisotopic (exact) mass is 1310 g/mol. The van der Waals surface area contributed by atoms with Crippen LogP contribution in [0.1, 0.15) is 283 Å². The molecule has 9 aromatic carbocycles. The second-order valence-electron chi connectivity index (χ2n) is 31.8. The van der Waals surface area contributed by atoms with Crippen molar-refractivity contribution in [2.75, 3.05) is 4.90 Å². The van der Waals surface area contributed by atoms with Crippen LogP contribution in [0.15, 0.2) is 154 Å². The number of hydrogen-bond donors (Lipinski definition) is 0. The van der Waals surface area contributed by atoms with Crippen LogP contribution in [-0.4, -0.2) is 0 Å². The molecule has 0 N–H and O–H groups in total. The minimum atomic E-state index is -0.320. The summed E-state index contributed by atoms with van der Waals surface area (Å²) >= 11 is 0. The zero-order chi connectivity index (χ0) is 68.6. The summed E-state index contributed by atoms with van der Waals surface area (Å²) in [5, 5.41) is 4.99. The molecule has 0 unspecified atom stereocenters. The van der Waals surface area contributed by atoms with Crippen LogP contribution in [0, 0.1) is 34.6 Å². The molecule has 3 aliphatic carbocycles. The van der Waals surface area contributed by atoms with Crippen molar-refractivity contribution < 1.29 is 8.83 Å². The molecule has 11 aromatic rings. The van der Waals surface area contributed by atoms with Gasteiger partial charge in [0.1, 0.15) is 22.3 Å². The molecule has 3 nitrogen and oxygen atoms in total. The smallest absolute Gasteiger partial charge is 0.143 e. The van der Waals surface area contributed by atoms with Crippen molar-refractivity contribution in [3.8, 4) is 44.5 Å². The molecule has 0 spiro atoms. The molecule has 2 aromatic heterocycles. The number of hydrogen-bond acceptors (Lipinski definition) is 3. The summed E-state index contributed by atoms with van der Waals surface area (Å²) in [6, 6.07) is 58.1. The molecule has 0 saturated heterocycles. The lowest BCUT2D eigenvalue weighted by atomic mass is 9.68. The highest BCUT2D eigenvalue weighted by Crippen LogP contribution is 2.64. The predicted octanol–water partition coefficient (Wildman–Crippen LogP) is 30.0. The van der Waals surface area contributed by atoms with Crippen LogP contribution < -0.4 is 4.90 Å². The Morgan fingerprint density at radius 1 is 0.323 bits per heavy atom. The van der Waals surface area contributed by atoms with Crippen LogP contribution in [0.2, 0.25) is 0 Å². The van der Waals surface area contributed by atoms with Gasteiger partial charge < -0.3 is 13.7 Å². The maximum atomic E-state index is 7.04. The number of fused-ring (bicyclic) bond motifs is 17. The van der Waals surface area contributed by atoms with E-state index in [-0.39, 0.29) is 16.2 Å². The summed E-state index contributed by atoms with van der Waals surface area (Å²) in [6.45, 7) is 25.8. The Hall–Kier alpha value is -7.62. The van der Waals surface area contributed by atoms with Gasteiger partial charge in [-0.05, 0) is 204 Å². The van der Waals surface area contributed by atoms with Crippen molar-refractivity contribution in [2.24, 2.45) is 0 Å². The van der Waals surface area contributed by atoms with Crippen LogP contribution in [0.5, 0.6) is 0 Å². The van der Waals surface area contributed by atoms with Gasteiger partial charge in [-0.1, -0.05) is 297 Å². The molecule has 0 atom stereocenters. The minimum absolute atomic E-state index is 0.0956. The zero-order valence-corrected chi connectivity index (χ0v) is 62.4. The van der Waals surface area contributed by atoms with Crippen LogP contribution >= 0.6 is 0 Å². The van der Waals surface area contributed by atoms with E-state index in [1.807, 2.05) is 0 Å². The zero-order valence-electron chi connectivity index (χ0n) is 62.4. The standard InChI is InChI=1S/C96H113NO2/c1-12-16-20-24-28-36-50-95(51-37-29-25-21-17-13-2)79-48-49-87-90(74-40-32-34-42-85(74)98-87)89(79)78-63-82-77(62-83(78)95)72-46-44-71(60-81(72)96(82,52-38-30-26-22-18-14-3)53-39-31-27-23-19-15-4)97(92-67(8)55-66(7)56-68(92)9)70-45-47-73-80(59-70)94(10,11)84-61-76(69-57-64(5)54-65(6)58-69)93-91(88(73)84)75-41-33-35-43-86(75)99-93/h32-35,40-49,54-63H,12-31,36-39,50-53H2,1-11H3. The van der Waals surface area contributed by atoms with E-state index in [4.69, 9.17) is 8.83 Å². The van der Waals surface area contributed by atoms with Crippen molar-refractivity contribution in [3.05, 3.63) is 207 Å². The fraction of sp³-hybridized carbons (Fsp3) is 0.438. The Bertz CT molecular complexity index is 4670. The second kappa shape index (κ2) is 29.2. The number of anilines is 3. The van der Waals surface area contributed by atoms with E-state index in [2.05, 4.69) is 227 Å². The number of para-hydroxylation sites is 2. The Balaban J connectivity index is 0.983. The Labute approximate surface area is 594 Å². The summed E-state index contributed by atoms with van der Waals surface area (Å²) in [7, 11) is 0. The highest BCUT2D eigenvalue weighted by atomic mass is 16.3. The van der Waals surface area contributed by atoms with Gasteiger partial charge in [0.05, 0.1) is 5.69 Å². The minimum Gasteiger partial charge on any atom is -0.456 e. The van der Waals surface area contributed by atoms with Gasteiger partial charge in [0.15, 0.2) is 0 Å². The maximum Gasteiger partial charge on any atom is 0.143 e. The van der Waals surface area contributed by atoms with Gasteiger partial charge in [0, 0.05) is 54.7 Å². The third kappa shape index (κ3) is 12.5. The number of furan rings is 2. The van der Waals surface area contributed by atoms with E-state index >= 15 is 0 Å². The summed E-state index contributed by atoms with van der Waals surface area (Å²) in [6.07, 6.45) is 35.7. The SMILES string of the molecule is CCCCCCCCC1(CCCCCCCC)c2cc(N(c3ccc4c(c3)C(C)(C)c3cc(-c5cc(C)cc(C)c5)c5oc6ccccc6c5c3-4)c3c(C)cc(C)cc3C)ccc2-c2cc3c(cc21)-c1c(ccc2oc4ccccc4c12)C3(CCCCCCCC)CCCCCCCC. The number of rotatable bonds is 32. The first-order valence-electron chi connectivity index (χ1n) is 39.6. The van der Waals surface area contributed by atoms with Gasteiger partial charge in [-0.2, -0.15) is 0 Å². The summed E-state index contributed by atoms with van der Waals surface area (Å²) in [5.74, 6) is 0. The number of unbranched alkanes of at least 4 members (excludes halogenated alkanes) is 20. The number of aryl methyl sites for hydroxylation is 5. The van der Waals surface area contributed by atoms with Gasteiger partial charge >= 0.3 is 0 Å². The van der Waals surface area contributed by atoms with Gasteiger partial charge in [0.2, 0.25) is 0 Å². The normalized spacial score (nSPS) is 14.4. The molecule has 0 bridgehead atoms. The predicted molar refractivity (Wildman–Crippen MR) is 427 cm³/mol. The molecule has 0 saturated carbocycles. The lowest BCUT2D eigenvalue weighted by Crippen LogP contribution is -2.27. The highest BCUT2D eigenvalue weighted by Gasteiger charge is 2.49.